The number of carbonyl (C=O) groups excluding carboxylic acids is 1. The Morgan fingerprint density at radius 3 is 2.86 bits per heavy atom. The van der Waals surface area contributed by atoms with Crippen molar-refractivity contribution in [1.82, 2.24) is 19.8 Å². The lowest BCUT2D eigenvalue weighted by Crippen LogP contribution is -2.49. The molecule has 1 fully saturated rings. The maximum absolute atomic E-state index is 13.0. The summed E-state index contributed by atoms with van der Waals surface area (Å²) in [4.78, 5) is 18.9. The van der Waals surface area contributed by atoms with Gasteiger partial charge in [-0.15, -0.1) is 0 Å². The quantitative estimate of drug-likeness (QED) is 0.929. The van der Waals surface area contributed by atoms with E-state index in [-0.39, 0.29) is 24.2 Å². The highest BCUT2D eigenvalue weighted by atomic mass is 19.1. The lowest BCUT2D eigenvalue weighted by atomic mass is 10.1. The van der Waals surface area contributed by atoms with Crippen molar-refractivity contribution >= 4 is 5.91 Å². The second kappa shape index (κ2) is 6.27. The van der Waals surface area contributed by atoms with Crippen LogP contribution in [0.25, 0.3) is 0 Å². The third kappa shape index (κ3) is 3.01. The van der Waals surface area contributed by atoms with Gasteiger partial charge in [0.15, 0.2) is 0 Å². The number of aryl methyl sites for hydroxylation is 1. The van der Waals surface area contributed by atoms with Crippen LogP contribution in [0.5, 0.6) is 0 Å². The van der Waals surface area contributed by atoms with Gasteiger partial charge in [0.2, 0.25) is 5.91 Å². The number of piperazine rings is 1. The number of hydrogen-bond donors (Lipinski definition) is 1. The van der Waals surface area contributed by atoms with Gasteiger partial charge in [-0.2, -0.15) is 0 Å². The smallest absolute Gasteiger partial charge is 0.227 e. The predicted molar refractivity (Wildman–Crippen MR) is 80.6 cm³/mol. The maximum atomic E-state index is 13.0. The monoisotopic (exact) mass is 302 g/mol. The number of amides is 1. The summed E-state index contributed by atoms with van der Waals surface area (Å²) >= 11 is 0. The van der Waals surface area contributed by atoms with Gasteiger partial charge in [0, 0.05) is 39.1 Å². The van der Waals surface area contributed by atoms with E-state index in [4.69, 9.17) is 0 Å². The van der Waals surface area contributed by atoms with Crippen molar-refractivity contribution in [2.75, 3.05) is 19.6 Å². The van der Waals surface area contributed by atoms with E-state index in [0.717, 1.165) is 17.9 Å². The molecule has 0 spiro atoms. The van der Waals surface area contributed by atoms with Crippen molar-refractivity contribution < 1.29 is 9.18 Å². The average Bonchev–Trinajstić information content (AvgIpc) is 2.95. The molecule has 2 aromatic rings. The number of nitrogens with zero attached hydrogens (tertiary/aromatic N) is 3. The summed E-state index contributed by atoms with van der Waals surface area (Å²) in [5.74, 6) is 0.630. The number of nitrogens with one attached hydrogen (secondary N) is 1. The van der Waals surface area contributed by atoms with Gasteiger partial charge in [0.05, 0.1) is 6.42 Å². The fourth-order valence-corrected chi connectivity index (χ4v) is 2.81. The van der Waals surface area contributed by atoms with Crippen molar-refractivity contribution in [1.29, 1.82) is 0 Å². The van der Waals surface area contributed by atoms with E-state index in [1.165, 1.54) is 12.1 Å². The predicted octanol–water partition coefficient (Wildman–Crippen LogP) is 1.27. The summed E-state index contributed by atoms with van der Waals surface area (Å²) in [6.07, 6.45) is 3.90. The molecule has 1 saturated heterocycles. The second-order valence-electron chi connectivity index (χ2n) is 5.51. The van der Waals surface area contributed by atoms with Gasteiger partial charge < -0.3 is 14.8 Å². The van der Waals surface area contributed by atoms with E-state index in [1.54, 1.807) is 18.3 Å². The van der Waals surface area contributed by atoms with Gasteiger partial charge in [-0.3, -0.25) is 4.79 Å². The summed E-state index contributed by atoms with van der Waals surface area (Å²) in [6.45, 7) is 2.12. The van der Waals surface area contributed by atoms with Gasteiger partial charge in [0.1, 0.15) is 17.7 Å². The first-order valence-electron chi connectivity index (χ1n) is 7.37. The minimum atomic E-state index is -0.288. The third-order valence-corrected chi connectivity index (χ3v) is 3.99. The van der Waals surface area contributed by atoms with Crippen molar-refractivity contribution in [3.05, 3.63) is 53.9 Å². The molecule has 1 aliphatic heterocycles. The topological polar surface area (TPSA) is 50.2 Å². The summed E-state index contributed by atoms with van der Waals surface area (Å²) in [5, 5.41) is 3.31. The summed E-state index contributed by atoms with van der Waals surface area (Å²) in [6, 6.07) is 6.02. The highest BCUT2D eigenvalue weighted by Crippen LogP contribution is 2.21. The van der Waals surface area contributed by atoms with Crippen LogP contribution < -0.4 is 5.32 Å². The molecule has 2 heterocycles. The van der Waals surface area contributed by atoms with Crippen molar-refractivity contribution in [2.45, 2.75) is 12.5 Å². The van der Waals surface area contributed by atoms with Crippen LogP contribution in [0.15, 0.2) is 36.7 Å². The van der Waals surface area contributed by atoms with E-state index in [0.29, 0.717) is 13.1 Å². The standard InChI is InChI=1S/C16H19FN4O/c1-20-8-7-19-16(20)14-11-18-6-9-21(14)15(22)10-12-2-4-13(17)5-3-12/h2-5,7-8,14,18H,6,9-11H2,1H3. The van der Waals surface area contributed by atoms with Crippen LogP contribution in [0.4, 0.5) is 4.39 Å². The molecule has 1 unspecified atom stereocenters. The normalized spacial score (nSPS) is 18.5. The zero-order chi connectivity index (χ0) is 15.5. The van der Waals surface area contributed by atoms with Gasteiger partial charge >= 0.3 is 0 Å². The van der Waals surface area contributed by atoms with Crippen LogP contribution in [0, 0.1) is 5.82 Å². The minimum absolute atomic E-state index is 0.0427. The van der Waals surface area contributed by atoms with E-state index < -0.39 is 0 Å². The molecule has 1 aromatic carbocycles. The van der Waals surface area contributed by atoms with Crippen LogP contribution in [-0.2, 0) is 18.3 Å². The molecule has 1 aromatic heterocycles. The molecule has 22 heavy (non-hydrogen) atoms. The Morgan fingerprint density at radius 2 is 2.18 bits per heavy atom. The fraction of sp³-hybridized carbons (Fsp3) is 0.375. The van der Waals surface area contributed by atoms with Crippen LogP contribution in [0.3, 0.4) is 0 Å². The zero-order valence-corrected chi connectivity index (χ0v) is 12.5. The van der Waals surface area contributed by atoms with E-state index in [2.05, 4.69) is 10.3 Å². The summed E-state index contributed by atoms with van der Waals surface area (Å²) in [7, 11) is 1.93. The molecule has 3 rings (SSSR count). The maximum Gasteiger partial charge on any atom is 0.227 e. The molecular weight excluding hydrogens is 283 g/mol. The van der Waals surface area contributed by atoms with Gasteiger partial charge in [-0.25, -0.2) is 9.37 Å². The molecule has 116 valence electrons. The van der Waals surface area contributed by atoms with Crippen LogP contribution in [-0.4, -0.2) is 40.0 Å². The van der Waals surface area contributed by atoms with Crippen LogP contribution in [0.2, 0.25) is 0 Å². The minimum Gasteiger partial charge on any atom is -0.336 e. The first kappa shape index (κ1) is 14.7. The molecule has 0 bridgehead atoms. The van der Waals surface area contributed by atoms with Crippen molar-refractivity contribution in [3.63, 3.8) is 0 Å². The fourth-order valence-electron chi connectivity index (χ4n) is 2.81. The first-order chi connectivity index (χ1) is 10.6. The molecule has 5 nitrogen and oxygen atoms in total. The SMILES string of the molecule is Cn1ccnc1C1CNCCN1C(=O)Cc1ccc(F)cc1. The third-order valence-electron chi connectivity index (χ3n) is 3.99. The lowest BCUT2D eigenvalue weighted by molar-refractivity contribution is -0.134. The van der Waals surface area contributed by atoms with E-state index in [1.807, 2.05) is 22.7 Å². The van der Waals surface area contributed by atoms with Gasteiger partial charge in [-0.1, -0.05) is 12.1 Å². The van der Waals surface area contributed by atoms with E-state index in [9.17, 15) is 9.18 Å². The number of hydrogen-bond acceptors (Lipinski definition) is 3. The molecule has 1 amide bonds. The molecule has 1 N–H and O–H groups in total. The first-order valence-corrected chi connectivity index (χ1v) is 7.37. The molecule has 0 radical (unpaired) electrons. The largest absolute Gasteiger partial charge is 0.336 e. The summed E-state index contributed by atoms with van der Waals surface area (Å²) < 4.78 is 14.9. The molecule has 0 aliphatic carbocycles. The number of imidazole rings is 1. The van der Waals surface area contributed by atoms with E-state index >= 15 is 0 Å². The van der Waals surface area contributed by atoms with Crippen LogP contribution >= 0.6 is 0 Å². The molecule has 1 atom stereocenters. The highest BCUT2D eigenvalue weighted by Gasteiger charge is 2.30. The van der Waals surface area contributed by atoms with Gasteiger partial charge in [0.25, 0.3) is 0 Å². The Hall–Kier alpha value is -2.21. The Balaban J connectivity index is 1.77. The van der Waals surface area contributed by atoms with Gasteiger partial charge in [-0.05, 0) is 17.7 Å². The average molecular weight is 302 g/mol. The second-order valence-corrected chi connectivity index (χ2v) is 5.51. The zero-order valence-electron chi connectivity index (χ0n) is 12.5. The molecular formula is C16H19FN4O. The highest BCUT2D eigenvalue weighted by molar-refractivity contribution is 5.79. The van der Waals surface area contributed by atoms with Crippen LogP contribution in [0.1, 0.15) is 17.4 Å². The number of carbonyl (C=O) groups is 1. The lowest BCUT2D eigenvalue weighted by Gasteiger charge is -2.35. The number of aromatic nitrogens is 2. The molecule has 0 saturated carbocycles. The number of benzene rings is 1. The Kier molecular flexibility index (Phi) is 4.20. The summed E-state index contributed by atoms with van der Waals surface area (Å²) in [5.41, 5.74) is 0.823. The van der Waals surface area contributed by atoms with Crippen molar-refractivity contribution in [3.8, 4) is 0 Å². The Morgan fingerprint density at radius 1 is 1.41 bits per heavy atom. The Bertz CT molecular complexity index is 652. The number of halogens is 1. The number of rotatable bonds is 3. The Labute approximate surface area is 128 Å². The molecule has 1 aliphatic rings. The van der Waals surface area contributed by atoms with Crippen molar-refractivity contribution in [2.24, 2.45) is 7.05 Å². The molecule has 6 heteroatoms.